The number of hydrogen-bond acceptors (Lipinski definition) is 5. The molecule has 4 atom stereocenters. The Morgan fingerprint density at radius 1 is 0.692 bits per heavy atom. The van der Waals surface area contributed by atoms with Crippen molar-refractivity contribution >= 4 is 0 Å². The van der Waals surface area contributed by atoms with Crippen molar-refractivity contribution in [3.05, 3.63) is 27.7 Å². The van der Waals surface area contributed by atoms with Gasteiger partial charge in [-0.3, -0.25) is 0 Å². The molecule has 0 aromatic carbocycles. The molecule has 0 heterocycles. The van der Waals surface area contributed by atoms with E-state index in [-0.39, 0.29) is 0 Å². The van der Waals surface area contributed by atoms with E-state index in [2.05, 4.69) is 37.2 Å². The zero-order valence-corrected chi connectivity index (χ0v) is 7.26. The summed E-state index contributed by atoms with van der Waals surface area (Å²) >= 11 is 0. The fraction of sp³-hybridized carbons (Fsp3) is 0.500. The molecule has 0 rings (SSSR count). The van der Waals surface area contributed by atoms with Crippen LogP contribution in [0.2, 0.25) is 0 Å². The van der Waals surface area contributed by atoms with E-state index in [1.165, 1.54) is 0 Å². The molecule has 0 bridgehead atoms. The monoisotopic (exact) mass is 190 g/mol. The number of rotatable bonds is 6. The van der Waals surface area contributed by atoms with E-state index < -0.39 is 25.2 Å². The summed E-state index contributed by atoms with van der Waals surface area (Å²) < 4.78 is 14.0. The minimum atomic E-state index is -1.24. The first-order valence-electron chi connectivity index (χ1n) is 3.56. The highest BCUT2D eigenvalue weighted by atomic mass is 16.8. The van der Waals surface area contributed by atoms with Gasteiger partial charge in [0.1, 0.15) is 0 Å². The van der Waals surface area contributed by atoms with E-state index in [4.69, 9.17) is 14.9 Å². The number of hydrogen-bond donors (Lipinski definition) is 2. The smallest absolute Gasteiger partial charge is 0.164 e. The predicted molar refractivity (Wildman–Crippen MR) is 44.3 cm³/mol. The molecule has 0 fully saturated rings. The van der Waals surface area contributed by atoms with Crippen LogP contribution in [-0.4, -0.2) is 35.4 Å². The van der Waals surface area contributed by atoms with Crippen molar-refractivity contribution in [2.45, 2.75) is 25.2 Å². The van der Waals surface area contributed by atoms with E-state index in [1.54, 1.807) is 0 Å². The molecule has 5 nitrogen and oxygen atoms in total. The molecule has 13 heavy (non-hydrogen) atoms. The lowest BCUT2D eigenvalue weighted by Crippen LogP contribution is -2.28. The molecule has 0 aliphatic heterocycles. The summed E-state index contributed by atoms with van der Waals surface area (Å²) in [5.74, 6) is 0. The zero-order valence-electron chi connectivity index (χ0n) is 7.26. The van der Waals surface area contributed by atoms with Crippen molar-refractivity contribution < 1.29 is 24.4 Å². The van der Waals surface area contributed by atoms with Crippen LogP contribution in [0.1, 0.15) is 0 Å². The second-order valence-electron chi connectivity index (χ2n) is 2.18. The van der Waals surface area contributed by atoms with Crippen LogP contribution in [0.25, 0.3) is 0 Å². The molecule has 4 unspecified atom stereocenters. The maximum atomic E-state index is 8.64. The minimum absolute atomic E-state index is 0.978. The maximum absolute atomic E-state index is 8.64. The van der Waals surface area contributed by atoms with Crippen LogP contribution >= 0.6 is 0 Å². The molecule has 2 N–H and O–H groups in total. The summed E-state index contributed by atoms with van der Waals surface area (Å²) in [7, 11) is 0. The predicted octanol–water partition coefficient (Wildman–Crippen LogP) is -0.338. The molecule has 0 saturated heterocycles. The Labute approximate surface area is 78.2 Å². The standard InChI is InChI=1S/C8H14O5/c1-5(9)11-7(3)13-8(4)12-6(2)10/h5-10H,1-4H2. The molecule has 4 radical (unpaired) electrons. The van der Waals surface area contributed by atoms with E-state index in [0.29, 0.717) is 0 Å². The number of aliphatic hydroxyl groups is 2. The average Bonchev–Trinajstić information content (AvgIpc) is 1.80. The van der Waals surface area contributed by atoms with Gasteiger partial charge < -0.3 is 24.4 Å². The number of ether oxygens (including phenoxy) is 3. The third kappa shape index (κ3) is 8.14. The highest BCUT2D eigenvalue weighted by molar-refractivity contribution is 4.55. The molecule has 0 saturated carbocycles. The fourth-order valence-electron chi connectivity index (χ4n) is 0.584. The van der Waals surface area contributed by atoms with Crippen LogP contribution in [0, 0.1) is 27.7 Å². The second kappa shape index (κ2) is 6.28. The van der Waals surface area contributed by atoms with Crippen molar-refractivity contribution in [3.8, 4) is 0 Å². The largest absolute Gasteiger partial charge is 0.368 e. The van der Waals surface area contributed by atoms with Crippen molar-refractivity contribution in [2.24, 2.45) is 0 Å². The first-order valence-corrected chi connectivity index (χ1v) is 3.56. The molecule has 0 aromatic rings. The first-order chi connectivity index (χ1) is 5.91. The van der Waals surface area contributed by atoms with E-state index in [1.807, 2.05) is 0 Å². The summed E-state index contributed by atoms with van der Waals surface area (Å²) in [6.45, 7) is 13.0. The minimum Gasteiger partial charge on any atom is -0.368 e. The van der Waals surface area contributed by atoms with Crippen LogP contribution in [0.4, 0.5) is 0 Å². The molecular weight excluding hydrogens is 176 g/mol. The Kier molecular flexibility index (Phi) is 6.19. The number of aliphatic hydroxyl groups excluding tert-OH is 2. The third-order valence-corrected chi connectivity index (χ3v) is 0.921. The van der Waals surface area contributed by atoms with Crippen molar-refractivity contribution in [2.75, 3.05) is 0 Å². The first kappa shape index (κ1) is 12.8. The van der Waals surface area contributed by atoms with Crippen molar-refractivity contribution in [1.82, 2.24) is 0 Å². The van der Waals surface area contributed by atoms with Gasteiger partial charge in [0, 0.05) is 27.7 Å². The lowest BCUT2D eigenvalue weighted by molar-refractivity contribution is -0.270. The van der Waals surface area contributed by atoms with Crippen LogP contribution in [0.5, 0.6) is 0 Å². The molecule has 5 heteroatoms. The lowest BCUT2D eigenvalue weighted by atomic mass is 10.6. The topological polar surface area (TPSA) is 68.2 Å². The Hall–Kier alpha value is -0.200. The van der Waals surface area contributed by atoms with Crippen LogP contribution in [0.3, 0.4) is 0 Å². The normalized spacial score (nSPS) is 20.8. The highest BCUT2D eigenvalue weighted by Gasteiger charge is 2.12. The molecule has 0 aliphatic rings. The van der Waals surface area contributed by atoms with Gasteiger partial charge in [-0.15, -0.1) is 0 Å². The fourth-order valence-corrected chi connectivity index (χ4v) is 0.584. The van der Waals surface area contributed by atoms with Gasteiger partial charge in [-0.1, -0.05) is 0 Å². The summed E-state index contributed by atoms with van der Waals surface area (Å²) in [6, 6.07) is 0. The van der Waals surface area contributed by atoms with Gasteiger partial charge in [0.05, 0.1) is 0 Å². The van der Waals surface area contributed by atoms with E-state index >= 15 is 0 Å². The summed E-state index contributed by atoms with van der Waals surface area (Å²) in [4.78, 5) is 0. The maximum Gasteiger partial charge on any atom is 0.164 e. The lowest BCUT2D eigenvalue weighted by Gasteiger charge is -2.21. The van der Waals surface area contributed by atoms with Gasteiger partial charge in [0.25, 0.3) is 0 Å². The molecule has 76 valence electrons. The van der Waals surface area contributed by atoms with E-state index in [9.17, 15) is 0 Å². The quantitative estimate of drug-likeness (QED) is 0.561. The second-order valence-corrected chi connectivity index (χ2v) is 2.18. The van der Waals surface area contributed by atoms with Crippen LogP contribution < -0.4 is 0 Å². The van der Waals surface area contributed by atoms with Gasteiger partial charge in [0.2, 0.25) is 0 Å². The Bertz CT molecular complexity index is 112. The van der Waals surface area contributed by atoms with Gasteiger partial charge in [-0.05, 0) is 0 Å². The zero-order chi connectivity index (χ0) is 10.4. The van der Waals surface area contributed by atoms with Gasteiger partial charge in [0.15, 0.2) is 25.2 Å². The average molecular weight is 190 g/mol. The Morgan fingerprint density at radius 2 is 1.00 bits per heavy atom. The summed E-state index contributed by atoms with van der Waals surface area (Å²) in [6.07, 6.45) is -4.43. The SMILES string of the molecule is [CH2]C(O)OC([CH2])OC([CH2])OC([CH2])O. The van der Waals surface area contributed by atoms with Crippen molar-refractivity contribution in [3.63, 3.8) is 0 Å². The molecular formula is C8H14O5. The van der Waals surface area contributed by atoms with E-state index in [0.717, 1.165) is 0 Å². The Morgan fingerprint density at radius 3 is 1.23 bits per heavy atom. The van der Waals surface area contributed by atoms with Gasteiger partial charge >= 0.3 is 0 Å². The van der Waals surface area contributed by atoms with Crippen molar-refractivity contribution in [1.29, 1.82) is 0 Å². The third-order valence-electron chi connectivity index (χ3n) is 0.921. The Balaban J connectivity index is 3.58. The summed E-state index contributed by atoms with van der Waals surface area (Å²) in [5.41, 5.74) is 0. The molecule has 0 amide bonds. The molecule has 0 aromatic heterocycles. The summed E-state index contributed by atoms with van der Waals surface area (Å²) in [5, 5.41) is 17.3. The van der Waals surface area contributed by atoms with Gasteiger partial charge in [-0.2, -0.15) is 0 Å². The van der Waals surface area contributed by atoms with Crippen LogP contribution in [-0.2, 0) is 14.2 Å². The molecule has 0 spiro atoms. The molecule has 0 aliphatic carbocycles. The van der Waals surface area contributed by atoms with Crippen LogP contribution in [0.15, 0.2) is 0 Å². The van der Waals surface area contributed by atoms with Gasteiger partial charge in [-0.25, -0.2) is 0 Å². The highest BCUT2D eigenvalue weighted by Crippen LogP contribution is 2.03.